The van der Waals surface area contributed by atoms with E-state index in [2.05, 4.69) is 106 Å². The Morgan fingerprint density at radius 3 is 1.61 bits per heavy atom. The van der Waals surface area contributed by atoms with Crippen molar-refractivity contribution in [3.05, 3.63) is 115 Å². The van der Waals surface area contributed by atoms with Gasteiger partial charge in [-0.15, -0.1) is 0 Å². The molecule has 4 aromatic rings. The highest BCUT2D eigenvalue weighted by Crippen LogP contribution is 2.37. The molecule has 0 bridgehead atoms. The van der Waals surface area contributed by atoms with Crippen molar-refractivity contribution < 1.29 is 9.16 Å². The maximum atomic E-state index is 7.05. The van der Waals surface area contributed by atoms with Crippen molar-refractivity contribution in [1.29, 1.82) is 0 Å². The van der Waals surface area contributed by atoms with Crippen LogP contribution in [0.4, 0.5) is 0 Å². The summed E-state index contributed by atoms with van der Waals surface area (Å²) < 4.78 is 12.9. The third-order valence-corrected chi connectivity index (χ3v) is 10.8. The maximum absolute atomic E-state index is 7.05. The highest BCUT2D eigenvalue weighted by Gasteiger charge is 2.52. The lowest BCUT2D eigenvalue weighted by Gasteiger charge is -2.43. The lowest BCUT2D eigenvalue weighted by Crippen LogP contribution is -2.68. The van der Waals surface area contributed by atoms with Gasteiger partial charge < -0.3 is 9.16 Å². The summed E-state index contributed by atoms with van der Waals surface area (Å²) in [6.07, 6.45) is 0. The zero-order chi connectivity index (χ0) is 23.3. The van der Waals surface area contributed by atoms with E-state index in [1.807, 2.05) is 24.3 Å². The van der Waals surface area contributed by atoms with E-state index in [4.69, 9.17) is 17.0 Å². The molecule has 0 aliphatic carbocycles. The topological polar surface area (TPSA) is 18.5 Å². The second-order valence-electron chi connectivity index (χ2n) is 9.27. The van der Waals surface area contributed by atoms with Gasteiger partial charge in [0.1, 0.15) is 26.0 Å². The molecule has 0 spiro atoms. The summed E-state index contributed by atoms with van der Waals surface area (Å²) in [6.45, 7) is 7.35. The van der Waals surface area contributed by atoms with Crippen LogP contribution in [0, 0.1) is 0 Å². The molecule has 0 fully saturated rings. The standard InChI is InChI=1S/C29H29BO2Si/c1-29(2,3)33(27-10-6-4-7-11-27,28-12-8-5-9-13-28)32-26-18-14-23(15-19-26)22-31-25-20-16-24(30)17-21-25/h4-21H,22H2,1-3H3. The molecule has 0 amide bonds. The first-order valence-electron chi connectivity index (χ1n) is 11.3. The van der Waals surface area contributed by atoms with Crippen molar-refractivity contribution in [1.82, 2.24) is 0 Å². The van der Waals surface area contributed by atoms with Crippen LogP contribution >= 0.6 is 0 Å². The zero-order valence-electron chi connectivity index (χ0n) is 19.5. The van der Waals surface area contributed by atoms with Crippen LogP contribution in [-0.4, -0.2) is 16.2 Å². The van der Waals surface area contributed by atoms with Gasteiger partial charge in [-0.05, 0) is 45.2 Å². The van der Waals surface area contributed by atoms with Gasteiger partial charge in [-0.1, -0.05) is 111 Å². The lowest BCUT2D eigenvalue weighted by atomic mass is 9.97. The van der Waals surface area contributed by atoms with Crippen LogP contribution in [0.1, 0.15) is 26.3 Å². The summed E-state index contributed by atoms with van der Waals surface area (Å²) in [6, 6.07) is 37.1. The van der Waals surface area contributed by atoms with Gasteiger partial charge in [-0.25, -0.2) is 0 Å². The summed E-state index contributed by atoms with van der Waals surface area (Å²) in [5.41, 5.74) is 1.81. The smallest absolute Gasteiger partial charge is 0.319 e. The number of ether oxygens (including phenoxy) is 1. The largest absolute Gasteiger partial charge is 0.534 e. The van der Waals surface area contributed by atoms with Gasteiger partial charge in [-0.3, -0.25) is 0 Å². The predicted molar refractivity (Wildman–Crippen MR) is 141 cm³/mol. The zero-order valence-corrected chi connectivity index (χ0v) is 20.5. The maximum Gasteiger partial charge on any atom is 0.319 e. The fourth-order valence-electron chi connectivity index (χ4n) is 4.21. The summed E-state index contributed by atoms with van der Waals surface area (Å²) in [5, 5.41) is 2.45. The summed E-state index contributed by atoms with van der Waals surface area (Å²) >= 11 is 0. The molecule has 164 valence electrons. The van der Waals surface area contributed by atoms with Crippen LogP contribution in [-0.2, 0) is 6.61 Å². The molecule has 0 aliphatic heterocycles. The molecule has 2 radical (unpaired) electrons. The van der Waals surface area contributed by atoms with E-state index in [1.165, 1.54) is 10.4 Å². The molecule has 4 aromatic carbocycles. The van der Waals surface area contributed by atoms with E-state index in [1.54, 1.807) is 0 Å². The van der Waals surface area contributed by atoms with E-state index < -0.39 is 8.32 Å². The Hall–Kier alpha value is -3.24. The monoisotopic (exact) mass is 448 g/mol. The molecule has 0 saturated heterocycles. The molecule has 0 saturated carbocycles. The van der Waals surface area contributed by atoms with Crippen LogP contribution in [0.3, 0.4) is 0 Å². The second kappa shape index (κ2) is 9.72. The fraction of sp³-hybridized carbons (Fsp3) is 0.172. The Kier molecular flexibility index (Phi) is 6.75. The van der Waals surface area contributed by atoms with Crippen LogP contribution in [0.2, 0.25) is 5.04 Å². The molecular weight excluding hydrogens is 419 g/mol. The van der Waals surface area contributed by atoms with Crippen molar-refractivity contribution in [3.8, 4) is 11.5 Å². The van der Waals surface area contributed by atoms with E-state index in [0.717, 1.165) is 22.5 Å². The van der Waals surface area contributed by atoms with E-state index in [9.17, 15) is 0 Å². The molecule has 0 unspecified atom stereocenters. The molecule has 4 rings (SSSR count). The Morgan fingerprint density at radius 1 is 0.636 bits per heavy atom. The fourth-order valence-corrected chi connectivity index (χ4v) is 8.63. The summed E-state index contributed by atoms with van der Waals surface area (Å²) in [5.74, 6) is 1.68. The van der Waals surface area contributed by atoms with Crippen LogP contribution in [0.5, 0.6) is 11.5 Å². The number of benzene rings is 4. The molecule has 0 aliphatic rings. The minimum Gasteiger partial charge on any atom is -0.534 e. The van der Waals surface area contributed by atoms with E-state index in [0.29, 0.717) is 6.61 Å². The third-order valence-electron chi connectivity index (χ3n) is 5.90. The molecule has 0 atom stereocenters. The van der Waals surface area contributed by atoms with Gasteiger partial charge in [0.15, 0.2) is 0 Å². The van der Waals surface area contributed by atoms with Crippen LogP contribution in [0.15, 0.2) is 109 Å². The Labute approximate surface area is 199 Å². The highest BCUT2D eigenvalue weighted by molar-refractivity contribution is 7.00. The van der Waals surface area contributed by atoms with Crippen molar-refractivity contribution in [2.24, 2.45) is 0 Å². The molecule has 0 N–H and O–H groups in total. The molecular formula is C29H29BO2Si. The second-order valence-corrected chi connectivity index (χ2v) is 13.5. The molecule has 2 nitrogen and oxygen atoms in total. The van der Waals surface area contributed by atoms with Crippen molar-refractivity contribution >= 4 is 32.0 Å². The summed E-state index contributed by atoms with van der Waals surface area (Å²) in [7, 11) is 3.12. The lowest BCUT2D eigenvalue weighted by molar-refractivity contribution is 0.306. The van der Waals surface area contributed by atoms with E-state index >= 15 is 0 Å². The van der Waals surface area contributed by atoms with Crippen LogP contribution in [0.25, 0.3) is 0 Å². The quantitative estimate of drug-likeness (QED) is 0.371. The first-order valence-corrected chi connectivity index (χ1v) is 13.2. The van der Waals surface area contributed by atoms with Gasteiger partial charge in [0.05, 0.1) is 0 Å². The van der Waals surface area contributed by atoms with Crippen molar-refractivity contribution in [2.45, 2.75) is 32.4 Å². The molecule has 0 heterocycles. The average Bonchev–Trinajstić information content (AvgIpc) is 2.83. The first kappa shape index (κ1) is 22.9. The average molecular weight is 448 g/mol. The van der Waals surface area contributed by atoms with Crippen LogP contribution < -0.4 is 25.0 Å². The van der Waals surface area contributed by atoms with Crippen molar-refractivity contribution in [3.63, 3.8) is 0 Å². The normalized spacial score (nSPS) is 11.7. The molecule has 4 heteroatoms. The minimum absolute atomic E-state index is 0.0767. The Balaban J connectivity index is 1.63. The minimum atomic E-state index is -2.63. The Bertz CT molecular complexity index is 1110. The number of hydrogen-bond donors (Lipinski definition) is 0. The van der Waals surface area contributed by atoms with Gasteiger partial charge in [0.25, 0.3) is 0 Å². The van der Waals surface area contributed by atoms with Gasteiger partial charge in [0, 0.05) is 0 Å². The molecule has 0 aromatic heterocycles. The summed E-state index contributed by atoms with van der Waals surface area (Å²) in [4.78, 5) is 0. The SMILES string of the molecule is [B]c1ccc(OCc2ccc(O[Si](c3ccccc3)(c3ccccc3)C(C)(C)C)cc2)cc1. The van der Waals surface area contributed by atoms with E-state index in [-0.39, 0.29) is 5.04 Å². The number of hydrogen-bond acceptors (Lipinski definition) is 2. The Morgan fingerprint density at radius 2 is 1.12 bits per heavy atom. The highest BCUT2D eigenvalue weighted by atomic mass is 28.4. The van der Waals surface area contributed by atoms with Gasteiger partial charge in [-0.2, -0.15) is 0 Å². The number of rotatable bonds is 7. The predicted octanol–water partition coefficient (Wildman–Crippen LogP) is 5.00. The van der Waals surface area contributed by atoms with Gasteiger partial charge in [0.2, 0.25) is 0 Å². The van der Waals surface area contributed by atoms with Crippen molar-refractivity contribution in [2.75, 3.05) is 0 Å². The third kappa shape index (κ3) is 5.07. The molecule has 33 heavy (non-hydrogen) atoms. The van der Waals surface area contributed by atoms with Gasteiger partial charge >= 0.3 is 8.32 Å². The first-order chi connectivity index (χ1) is 15.9.